The number of carbonyl (C=O) groups is 1. The zero-order valence-electron chi connectivity index (χ0n) is 15.8. The molecule has 1 aliphatic heterocycles. The number of pyridine rings is 1. The van der Waals surface area contributed by atoms with Gasteiger partial charge in [-0.1, -0.05) is 6.07 Å². The number of amides is 2. The molecule has 0 bridgehead atoms. The third-order valence-corrected chi connectivity index (χ3v) is 5.74. The van der Waals surface area contributed by atoms with Crippen LogP contribution in [0.2, 0.25) is 0 Å². The summed E-state index contributed by atoms with van der Waals surface area (Å²) in [6, 6.07) is 3.78. The molecule has 3 heterocycles. The minimum absolute atomic E-state index is 0.0919. The molecular formula is C19H26N6O2. The zero-order valence-corrected chi connectivity index (χ0v) is 15.8. The molecule has 0 spiro atoms. The van der Waals surface area contributed by atoms with Crippen LogP contribution in [0.4, 0.5) is 4.79 Å². The maximum atomic E-state index is 12.8. The molecule has 27 heavy (non-hydrogen) atoms. The lowest BCUT2D eigenvalue weighted by molar-refractivity contribution is 0.178. The van der Waals surface area contributed by atoms with Crippen LogP contribution in [0.15, 0.2) is 23.1 Å². The van der Waals surface area contributed by atoms with E-state index >= 15 is 0 Å². The van der Waals surface area contributed by atoms with Crippen molar-refractivity contribution in [1.29, 1.82) is 0 Å². The Bertz CT molecular complexity index is 867. The number of aromatic nitrogens is 4. The maximum absolute atomic E-state index is 12.8. The summed E-state index contributed by atoms with van der Waals surface area (Å²) in [5.74, 6) is 1.67. The summed E-state index contributed by atoms with van der Waals surface area (Å²) >= 11 is 0. The second-order valence-electron chi connectivity index (χ2n) is 7.68. The molecule has 8 nitrogen and oxygen atoms in total. The fourth-order valence-electron chi connectivity index (χ4n) is 4.06. The van der Waals surface area contributed by atoms with Crippen LogP contribution >= 0.6 is 0 Å². The van der Waals surface area contributed by atoms with E-state index in [1.54, 1.807) is 7.05 Å². The number of nitrogens with zero attached hydrogens (tertiary/aromatic N) is 4. The van der Waals surface area contributed by atoms with Crippen molar-refractivity contribution in [3.05, 3.63) is 45.9 Å². The van der Waals surface area contributed by atoms with Crippen LogP contribution in [0.3, 0.4) is 0 Å². The van der Waals surface area contributed by atoms with E-state index in [4.69, 9.17) is 0 Å². The summed E-state index contributed by atoms with van der Waals surface area (Å²) in [5.41, 5.74) is 1.85. The molecule has 2 unspecified atom stereocenters. The van der Waals surface area contributed by atoms with Crippen LogP contribution in [0, 0.1) is 18.8 Å². The SMILES string of the molecule is Cc1ccc(CCNC(=O)N2CCC(C3CC3)C2c2n[nH]c(=O)n2C)nc1. The second-order valence-corrected chi connectivity index (χ2v) is 7.68. The Balaban J connectivity index is 1.44. The van der Waals surface area contributed by atoms with Crippen LogP contribution in [-0.4, -0.2) is 43.8 Å². The standard InChI is InChI=1S/C19H26N6O2/c1-12-3-6-14(21-11-12)7-9-20-18(26)25-10-8-15(13-4-5-13)16(25)17-22-23-19(27)24(17)2/h3,6,11,13,15-16H,4-5,7-10H2,1-2H3,(H,20,26)(H,23,27). The van der Waals surface area contributed by atoms with Gasteiger partial charge in [0, 0.05) is 38.4 Å². The Morgan fingerprint density at radius 2 is 2.15 bits per heavy atom. The molecule has 1 aliphatic carbocycles. The van der Waals surface area contributed by atoms with E-state index in [-0.39, 0.29) is 17.8 Å². The second kappa shape index (κ2) is 7.17. The molecule has 1 saturated carbocycles. The van der Waals surface area contributed by atoms with E-state index in [0.29, 0.717) is 37.2 Å². The van der Waals surface area contributed by atoms with Crippen molar-refractivity contribution in [2.24, 2.45) is 18.9 Å². The van der Waals surface area contributed by atoms with Crippen molar-refractivity contribution in [3.8, 4) is 0 Å². The van der Waals surface area contributed by atoms with Gasteiger partial charge in [0.2, 0.25) is 0 Å². The minimum Gasteiger partial charge on any atom is -0.338 e. The highest BCUT2D eigenvalue weighted by atomic mass is 16.2. The molecule has 1 saturated heterocycles. The number of hydrogen-bond acceptors (Lipinski definition) is 4. The molecule has 2 aromatic rings. The van der Waals surface area contributed by atoms with Crippen molar-refractivity contribution in [2.45, 2.75) is 38.6 Å². The van der Waals surface area contributed by atoms with Gasteiger partial charge in [0.1, 0.15) is 0 Å². The van der Waals surface area contributed by atoms with Gasteiger partial charge in [0.05, 0.1) is 6.04 Å². The first-order valence-electron chi connectivity index (χ1n) is 9.62. The van der Waals surface area contributed by atoms with Gasteiger partial charge in [-0.2, -0.15) is 5.10 Å². The van der Waals surface area contributed by atoms with Gasteiger partial charge < -0.3 is 10.2 Å². The zero-order chi connectivity index (χ0) is 19.0. The smallest absolute Gasteiger partial charge is 0.338 e. The summed E-state index contributed by atoms with van der Waals surface area (Å²) in [6.07, 6.45) is 5.90. The van der Waals surface area contributed by atoms with E-state index in [2.05, 4.69) is 20.5 Å². The van der Waals surface area contributed by atoms with Gasteiger partial charge in [-0.25, -0.2) is 14.7 Å². The van der Waals surface area contributed by atoms with Gasteiger partial charge in [-0.05, 0) is 49.7 Å². The number of urea groups is 1. The van der Waals surface area contributed by atoms with E-state index < -0.39 is 0 Å². The average molecular weight is 370 g/mol. The normalized spacial score (nSPS) is 22.2. The Morgan fingerprint density at radius 3 is 2.78 bits per heavy atom. The molecular weight excluding hydrogens is 344 g/mol. The predicted molar refractivity (Wildman–Crippen MR) is 100 cm³/mol. The van der Waals surface area contributed by atoms with E-state index in [9.17, 15) is 9.59 Å². The Kier molecular flexibility index (Phi) is 4.72. The highest BCUT2D eigenvalue weighted by Crippen LogP contribution is 2.49. The van der Waals surface area contributed by atoms with E-state index in [1.807, 2.05) is 30.2 Å². The number of carbonyl (C=O) groups excluding carboxylic acids is 1. The van der Waals surface area contributed by atoms with Crippen LogP contribution in [0.25, 0.3) is 0 Å². The van der Waals surface area contributed by atoms with Crippen LogP contribution < -0.4 is 11.0 Å². The third-order valence-electron chi connectivity index (χ3n) is 5.74. The quantitative estimate of drug-likeness (QED) is 0.834. The topological polar surface area (TPSA) is 95.9 Å². The number of hydrogen-bond donors (Lipinski definition) is 2. The number of aryl methyl sites for hydroxylation is 1. The van der Waals surface area contributed by atoms with E-state index in [0.717, 1.165) is 17.7 Å². The van der Waals surface area contributed by atoms with Crippen molar-refractivity contribution in [1.82, 2.24) is 30.0 Å². The Labute approximate surface area is 158 Å². The molecule has 144 valence electrons. The highest BCUT2D eigenvalue weighted by molar-refractivity contribution is 5.75. The molecule has 8 heteroatoms. The monoisotopic (exact) mass is 370 g/mol. The third kappa shape index (κ3) is 3.61. The van der Waals surface area contributed by atoms with Gasteiger partial charge in [0.15, 0.2) is 5.82 Å². The molecule has 2 aromatic heterocycles. The molecule has 2 N–H and O–H groups in total. The molecule has 2 aliphatic rings. The summed E-state index contributed by atoms with van der Waals surface area (Å²) in [5, 5.41) is 9.75. The molecule has 2 amide bonds. The van der Waals surface area contributed by atoms with E-state index in [1.165, 1.54) is 17.4 Å². The van der Waals surface area contributed by atoms with Crippen molar-refractivity contribution < 1.29 is 4.79 Å². The van der Waals surface area contributed by atoms with Crippen LogP contribution in [0.1, 0.15) is 42.4 Å². The number of nitrogens with one attached hydrogen (secondary N) is 2. The number of H-pyrrole nitrogens is 1. The molecule has 2 fully saturated rings. The average Bonchev–Trinajstić information content (AvgIpc) is 3.33. The first kappa shape index (κ1) is 17.8. The molecule has 0 aromatic carbocycles. The first-order valence-corrected chi connectivity index (χ1v) is 9.62. The fourth-order valence-corrected chi connectivity index (χ4v) is 4.06. The van der Waals surface area contributed by atoms with Crippen molar-refractivity contribution in [2.75, 3.05) is 13.1 Å². The van der Waals surface area contributed by atoms with Crippen LogP contribution in [-0.2, 0) is 13.5 Å². The minimum atomic E-state index is -0.239. The first-order chi connectivity index (χ1) is 13.0. The molecule has 0 radical (unpaired) electrons. The number of rotatable bonds is 5. The lowest BCUT2D eigenvalue weighted by atomic mass is 9.94. The fraction of sp³-hybridized carbons (Fsp3) is 0.579. The summed E-state index contributed by atoms with van der Waals surface area (Å²) in [7, 11) is 1.71. The van der Waals surface area contributed by atoms with Crippen molar-refractivity contribution >= 4 is 6.03 Å². The summed E-state index contributed by atoms with van der Waals surface area (Å²) < 4.78 is 1.53. The van der Waals surface area contributed by atoms with Crippen LogP contribution in [0.5, 0.6) is 0 Å². The Hall–Kier alpha value is -2.64. The molecule has 4 rings (SSSR count). The Morgan fingerprint density at radius 1 is 1.33 bits per heavy atom. The van der Waals surface area contributed by atoms with Crippen molar-refractivity contribution in [3.63, 3.8) is 0 Å². The maximum Gasteiger partial charge on any atom is 0.343 e. The predicted octanol–water partition coefficient (Wildman–Crippen LogP) is 1.54. The number of likely N-dealkylation sites (tertiary alicyclic amines) is 1. The number of aromatic amines is 1. The van der Waals surface area contributed by atoms with Gasteiger partial charge in [-0.15, -0.1) is 0 Å². The van der Waals surface area contributed by atoms with Gasteiger partial charge in [0.25, 0.3) is 0 Å². The summed E-state index contributed by atoms with van der Waals surface area (Å²) in [4.78, 5) is 30.9. The molecule has 2 atom stereocenters. The lowest BCUT2D eigenvalue weighted by Gasteiger charge is -2.27. The lowest BCUT2D eigenvalue weighted by Crippen LogP contribution is -2.42. The highest BCUT2D eigenvalue weighted by Gasteiger charge is 2.47. The largest absolute Gasteiger partial charge is 0.343 e. The van der Waals surface area contributed by atoms with Gasteiger partial charge in [-0.3, -0.25) is 9.55 Å². The summed E-state index contributed by atoms with van der Waals surface area (Å²) in [6.45, 7) is 3.23. The van der Waals surface area contributed by atoms with Gasteiger partial charge >= 0.3 is 11.7 Å².